The van der Waals surface area contributed by atoms with E-state index in [0.717, 1.165) is 0 Å². The van der Waals surface area contributed by atoms with Crippen molar-refractivity contribution in [3.63, 3.8) is 0 Å². The first-order valence-electron chi connectivity index (χ1n) is 5.25. The Balaban J connectivity index is 3.03. The van der Waals surface area contributed by atoms with E-state index in [0.29, 0.717) is 0 Å². The zero-order valence-corrected chi connectivity index (χ0v) is 9.50. The highest BCUT2D eigenvalue weighted by molar-refractivity contribution is 4.85. The largest absolute Gasteiger partial charge is 0.396 e. The summed E-state index contributed by atoms with van der Waals surface area (Å²) >= 11 is 0. The second-order valence-corrected chi connectivity index (χ2v) is 3.66. The van der Waals surface area contributed by atoms with Crippen LogP contribution in [0.25, 0.3) is 0 Å². The Morgan fingerprint density at radius 2 is 2.18 bits per heavy atom. The number of aromatic amines is 1. The maximum absolute atomic E-state index is 11.5. The molecule has 0 aliphatic rings. The number of aliphatic hydroxyl groups excluding tert-OH is 2. The Hall–Kier alpha value is -1.44. The summed E-state index contributed by atoms with van der Waals surface area (Å²) in [5.41, 5.74) is -1.11. The second kappa shape index (κ2) is 6.33. The molecule has 1 aromatic heterocycles. The average molecular weight is 244 g/mol. The molecule has 2 unspecified atom stereocenters. The standard InChI is InChI=1S/C10H16N2O5/c1-7(6-14)9(17-5-4-13)12-3-2-8(15)11-10(12)16/h2-3,7,9,13-14H,4-6H2,1H3,(H,11,15,16). The van der Waals surface area contributed by atoms with Gasteiger partial charge in [0.25, 0.3) is 5.56 Å². The smallest absolute Gasteiger partial charge is 0.330 e. The molecular weight excluding hydrogens is 228 g/mol. The second-order valence-electron chi connectivity index (χ2n) is 3.66. The lowest BCUT2D eigenvalue weighted by molar-refractivity contribution is -0.0622. The molecule has 0 saturated heterocycles. The van der Waals surface area contributed by atoms with Gasteiger partial charge in [-0.1, -0.05) is 6.92 Å². The number of H-pyrrole nitrogens is 1. The van der Waals surface area contributed by atoms with Crippen LogP contribution >= 0.6 is 0 Å². The number of nitrogens with one attached hydrogen (secondary N) is 1. The van der Waals surface area contributed by atoms with Crippen molar-refractivity contribution in [2.75, 3.05) is 19.8 Å². The minimum Gasteiger partial charge on any atom is -0.396 e. The third kappa shape index (κ3) is 3.52. The Morgan fingerprint density at radius 3 is 2.71 bits per heavy atom. The predicted molar refractivity (Wildman–Crippen MR) is 59.6 cm³/mol. The molecule has 0 radical (unpaired) electrons. The normalized spacial score (nSPS) is 14.5. The van der Waals surface area contributed by atoms with Crippen LogP contribution in [-0.2, 0) is 4.74 Å². The van der Waals surface area contributed by atoms with Crippen molar-refractivity contribution in [3.8, 4) is 0 Å². The lowest BCUT2D eigenvalue weighted by Gasteiger charge is -2.24. The van der Waals surface area contributed by atoms with Gasteiger partial charge in [0.05, 0.1) is 13.2 Å². The van der Waals surface area contributed by atoms with E-state index in [1.54, 1.807) is 6.92 Å². The Kier molecular flexibility index (Phi) is 5.08. The third-order valence-corrected chi connectivity index (χ3v) is 2.28. The molecule has 0 amide bonds. The number of ether oxygens (including phenoxy) is 1. The van der Waals surface area contributed by atoms with Gasteiger partial charge in [-0.05, 0) is 0 Å². The van der Waals surface area contributed by atoms with E-state index < -0.39 is 17.5 Å². The van der Waals surface area contributed by atoms with Gasteiger partial charge in [-0.2, -0.15) is 0 Å². The summed E-state index contributed by atoms with van der Waals surface area (Å²) < 4.78 is 6.46. The van der Waals surface area contributed by atoms with Crippen LogP contribution in [0.5, 0.6) is 0 Å². The minimum absolute atomic E-state index is 0.0422. The van der Waals surface area contributed by atoms with Gasteiger partial charge in [-0.15, -0.1) is 0 Å². The SMILES string of the molecule is CC(CO)C(OCCO)n1ccc(=O)[nH]c1=O. The fraction of sp³-hybridized carbons (Fsp3) is 0.600. The molecule has 0 aliphatic heterocycles. The molecule has 0 saturated carbocycles. The molecule has 17 heavy (non-hydrogen) atoms. The summed E-state index contributed by atoms with van der Waals surface area (Å²) in [5, 5.41) is 17.8. The first kappa shape index (κ1) is 13.6. The van der Waals surface area contributed by atoms with Crippen LogP contribution in [0.1, 0.15) is 13.2 Å². The van der Waals surface area contributed by atoms with Gasteiger partial charge in [-0.25, -0.2) is 4.79 Å². The highest BCUT2D eigenvalue weighted by atomic mass is 16.5. The van der Waals surface area contributed by atoms with E-state index in [4.69, 9.17) is 14.9 Å². The number of aliphatic hydroxyl groups is 2. The van der Waals surface area contributed by atoms with Crippen LogP contribution in [0.4, 0.5) is 0 Å². The van der Waals surface area contributed by atoms with E-state index in [-0.39, 0.29) is 25.7 Å². The number of hydrogen-bond donors (Lipinski definition) is 3. The molecule has 0 spiro atoms. The maximum Gasteiger partial charge on any atom is 0.330 e. The lowest BCUT2D eigenvalue weighted by Crippen LogP contribution is -2.36. The molecule has 2 atom stereocenters. The summed E-state index contributed by atoms with van der Waals surface area (Å²) in [6.07, 6.45) is 0.575. The molecular formula is C10H16N2O5. The van der Waals surface area contributed by atoms with Crippen molar-refractivity contribution < 1.29 is 14.9 Å². The van der Waals surface area contributed by atoms with Gasteiger partial charge in [0, 0.05) is 24.8 Å². The molecule has 3 N–H and O–H groups in total. The number of rotatable bonds is 6. The van der Waals surface area contributed by atoms with E-state index in [2.05, 4.69) is 4.98 Å². The molecule has 7 nitrogen and oxygen atoms in total. The minimum atomic E-state index is -0.725. The first-order chi connectivity index (χ1) is 8.10. The van der Waals surface area contributed by atoms with E-state index >= 15 is 0 Å². The molecule has 7 heteroatoms. The highest BCUT2D eigenvalue weighted by Gasteiger charge is 2.20. The van der Waals surface area contributed by atoms with Crippen LogP contribution < -0.4 is 11.2 Å². The zero-order valence-electron chi connectivity index (χ0n) is 9.50. The Bertz CT molecular complexity index is 452. The van der Waals surface area contributed by atoms with E-state index in [1.807, 2.05) is 0 Å². The Morgan fingerprint density at radius 1 is 1.47 bits per heavy atom. The van der Waals surface area contributed by atoms with Crippen LogP contribution in [-0.4, -0.2) is 39.6 Å². The summed E-state index contributed by atoms with van der Waals surface area (Å²) in [4.78, 5) is 24.6. The fourth-order valence-corrected chi connectivity index (χ4v) is 1.41. The van der Waals surface area contributed by atoms with Crippen molar-refractivity contribution in [2.45, 2.75) is 13.2 Å². The topological polar surface area (TPSA) is 105 Å². The number of nitrogens with zero attached hydrogens (tertiary/aromatic N) is 1. The zero-order chi connectivity index (χ0) is 12.8. The third-order valence-electron chi connectivity index (χ3n) is 2.28. The van der Waals surface area contributed by atoms with Gasteiger partial charge >= 0.3 is 5.69 Å². The molecule has 96 valence electrons. The highest BCUT2D eigenvalue weighted by Crippen LogP contribution is 2.16. The molecule has 0 bridgehead atoms. The molecule has 1 rings (SSSR count). The van der Waals surface area contributed by atoms with Crippen LogP contribution in [0.2, 0.25) is 0 Å². The van der Waals surface area contributed by atoms with E-state index in [1.165, 1.54) is 16.8 Å². The van der Waals surface area contributed by atoms with Crippen molar-refractivity contribution in [1.82, 2.24) is 9.55 Å². The molecule has 1 aromatic rings. The quantitative estimate of drug-likeness (QED) is 0.575. The lowest BCUT2D eigenvalue weighted by atomic mass is 10.1. The van der Waals surface area contributed by atoms with Crippen LogP contribution in [0.15, 0.2) is 21.9 Å². The Labute approximate surface area is 97.3 Å². The van der Waals surface area contributed by atoms with Crippen LogP contribution in [0, 0.1) is 5.92 Å². The maximum atomic E-state index is 11.5. The van der Waals surface area contributed by atoms with Gasteiger partial charge in [-0.3, -0.25) is 14.3 Å². The molecule has 0 fully saturated rings. The van der Waals surface area contributed by atoms with Gasteiger partial charge in [0.2, 0.25) is 0 Å². The van der Waals surface area contributed by atoms with Crippen molar-refractivity contribution in [1.29, 1.82) is 0 Å². The number of hydrogen-bond acceptors (Lipinski definition) is 5. The average Bonchev–Trinajstić information content (AvgIpc) is 2.31. The summed E-state index contributed by atoms with van der Waals surface area (Å²) in [5.74, 6) is -0.342. The number of aromatic nitrogens is 2. The van der Waals surface area contributed by atoms with Gasteiger partial charge in [0.15, 0.2) is 0 Å². The van der Waals surface area contributed by atoms with Crippen LogP contribution in [0.3, 0.4) is 0 Å². The fourth-order valence-electron chi connectivity index (χ4n) is 1.41. The first-order valence-corrected chi connectivity index (χ1v) is 5.25. The monoisotopic (exact) mass is 244 g/mol. The molecule has 0 aromatic carbocycles. The van der Waals surface area contributed by atoms with Crippen molar-refractivity contribution >= 4 is 0 Å². The molecule has 1 heterocycles. The van der Waals surface area contributed by atoms with Gasteiger partial charge in [0.1, 0.15) is 6.23 Å². The molecule has 0 aliphatic carbocycles. The van der Waals surface area contributed by atoms with Crippen molar-refractivity contribution in [3.05, 3.63) is 33.1 Å². The predicted octanol–water partition coefficient (Wildman–Crippen LogP) is -1.33. The van der Waals surface area contributed by atoms with Gasteiger partial charge < -0.3 is 14.9 Å². The summed E-state index contributed by atoms with van der Waals surface area (Å²) in [6.45, 7) is 1.37. The van der Waals surface area contributed by atoms with E-state index in [9.17, 15) is 9.59 Å². The van der Waals surface area contributed by atoms with Crippen molar-refractivity contribution in [2.24, 2.45) is 5.92 Å². The summed E-state index contributed by atoms with van der Waals surface area (Å²) in [7, 11) is 0. The summed E-state index contributed by atoms with van der Waals surface area (Å²) in [6, 6.07) is 1.20.